The molecule has 1 saturated heterocycles. The number of rotatable bonds is 3. The molecule has 0 N–H and O–H groups in total. The van der Waals surface area contributed by atoms with Gasteiger partial charge < -0.3 is 14.4 Å². The van der Waals surface area contributed by atoms with Crippen LogP contribution in [0.3, 0.4) is 0 Å². The number of carbonyl (C=O) groups excluding carboxylic acids is 1. The lowest BCUT2D eigenvalue weighted by Gasteiger charge is -2.42. The van der Waals surface area contributed by atoms with E-state index in [1.165, 1.54) is 0 Å². The lowest BCUT2D eigenvalue weighted by Crippen LogP contribution is -2.55. The number of methoxy groups -OCH3 is 1. The third kappa shape index (κ3) is 3.62. The highest BCUT2D eigenvalue weighted by Crippen LogP contribution is 2.22. The van der Waals surface area contributed by atoms with Crippen LogP contribution in [0.25, 0.3) is 0 Å². The van der Waals surface area contributed by atoms with Crippen LogP contribution in [0.4, 0.5) is 0 Å². The maximum absolute atomic E-state index is 12.7. The first-order chi connectivity index (χ1) is 10.4. The predicted molar refractivity (Wildman–Crippen MR) is 80.4 cm³/mol. The summed E-state index contributed by atoms with van der Waals surface area (Å²) in [7, 11) is 1.61. The monoisotopic (exact) mass is 303 g/mol. The van der Waals surface area contributed by atoms with Gasteiger partial charge in [-0.1, -0.05) is 0 Å². The molecule has 1 aromatic heterocycles. The minimum absolute atomic E-state index is 0.148. The highest BCUT2D eigenvalue weighted by atomic mass is 16.5. The van der Waals surface area contributed by atoms with Crippen molar-refractivity contribution >= 4 is 5.91 Å². The zero-order valence-electron chi connectivity index (χ0n) is 13.4. The van der Waals surface area contributed by atoms with Gasteiger partial charge in [0.05, 0.1) is 29.6 Å². The topological polar surface area (TPSA) is 75.5 Å². The zero-order valence-corrected chi connectivity index (χ0v) is 13.4. The Kier molecular flexibility index (Phi) is 4.79. The molecular formula is C16H21N3O3. The van der Waals surface area contributed by atoms with E-state index < -0.39 is 5.60 Å². The molecule has 0 radical (unpaired) electrons. The molecule has 0 spiro atoms. The third-order valence-corrected chi connectivity index (χ3v) is 3.55. The Morgan fingerprint density at radius 2 is 2.32 bits per heavy atom. The summed E-state index contributed by atoms with van der Waals surface area (Å²) in [6.45, 7) is 7.03. The van der Waals surface area contributed by atoms with E-state index >= 15 is 0 Å². The summed E-state index contributed by atoms with van der Waals surface area (Å²) >= 11 is 0. The van der Waals surface area contributed by atoms with Crippen LogP contribution in [-0.4, -0.2) is 54.3 Å². The quantitative estimate of drug-likeness (QED) is 0.846. The normalized spacial score (nSPS) is 20.5. The Balaban J connectivity index is 2.20. The number of hydrogen-bond donors (Lipinski definition) is 0. The summed E-state index contributed by atoms with van der Waals surface area (Å²) in [4.78, 5) is 18.7. The van der Waals surface area contributed by atoms with Crippen LogP contribution in [0.1, 0.15) is 35.6 Å². The van der Waals surface area contributed by atoms with Crippen LogP contribution in [0.15, 0.2) is 12.1 Å². The highest BCUT2D eigenvalue weighted by Gasteiger charge is 2.36. The number of carbonyl (C=O) groups is 1. The van der Waals surface area contributed by atoms with E-state index in [1.807, 2.05) is 13.8 Å². The molecule has 1 amide bonds. The molecular weight excluding hydrogens is 282 g/mol. The van der Waals surface area contributed by atoms with Gasteiger partial charge in [-0.15, -0.1) is 0 Å². The second-order valence-electron chi connectivity index (χ2n) is 6.08. The number of aromatic nitrogens is 1. The summed E-state index contributed by atoms with van der Waals surface area (Å²) in [6, 6.07) is 5.29. The number of hydrogen-bond acceptors (Lipinski definition) is 5. The second kappa shape index (κ2) is 6.42. The first-order valence-corrected chi connectivity index (χ1v) is 7.20. The molecule has 6 heteroatoms. The van der Waals surface area contributed by atoms with Crippen LogP contribution >= 0.6 is 0 Å². The Hall–Kier alpha value is -1.97. The minimum atomic E-state index is -0.432. The summed E-state index contributed by atoms with van der Waals surface area (Å²) in [5, 5.41) is 8.94. The number of ether oxygens (including phenoxy) is 2. The molecule has 0 saturated carbocycles. The van der Waals surface area contributed by atoms with Crippen molar-refractivity contribution in [1.29, 1.82) is 5.26 Å². The van der Waals surface area contributed by atoms with Gasteiger partial charge in [-0.05, 0) is 32.9 Å². The molecule has 0 unspecified atom stereocenters. The highest BCUT2D eigenvalue weighted by molar-refractivity contribution is 5.92. The number of nitriles is 1. The molecule has 2 rings (SSSR count). The third-order valence-electron chi connectivity index (χ3n) is 3.55. The molecule has 22 heavy (non-hydrogen) atoms. The van der Waals surface area contributed by atoms with E-state index in [4.69, 9.17) is 14.7 Å². The smallest absolute Gasteiger partial charge is 0.272 e. The average molecular weight is 303 g/mol. The maximum atomic E-state index is 12.7. The summed E-state index contributed by atoms with van der Waals surface area (Å²) in [5.74, 6) is -0.148. The van der Waals surface area contributed by atoms with Crippen LogP contribution in [0.2, 0.25) is 0 Å². The predicted octanol–water partition coefficient (Wildman–Crippen LogP) is 1.53. The minimum Gasteiger partial charge on any atom is -0.382 e. The molecule has 2 heterocycles. The van der Waals surface area contributed by atoms with Crippen molar-refractivity contribution in [3.05, 3.63) is 29.1 Å². The average Bonchev–Trinajstić information content (AvgIpc) is 2.45. The lowest BCUT2D eigenvalue weighted by atomic mass is 10.0. The Morgan fingerprint density at radius 1 is 1.59 bits per heavy atom. The van der Waals surface area contributed by atoms with Crippen molar-refractivity contribution in [2.75, 3.05) is 26.8 Å². The van der Waals surface area contributed by atoms with Gasteiger partial charge in [-0.3, -0.25) is 4.79 Å². The zero-order chi connectivity index (χ0) is 16.3. The van der Waals surface area contributed by atoms with Gasteiger partial charge in [0.15, 0.2) is 0 Å². The van der Waals surface area contributed by atoms with Gasteiger partial charge in [0.2, 0.25) is 0 Å². The van der Waals surface area contributed by atoms with Crippen LogP contribution < -0.4 is 0 Å². The fourth-order valence-corrected chi connectivity index (χ4v) is 2.68. The van der Waals surface area contributed by atoms with Gasteiger partial charge in [0, 0.05) is 20.2 Å². The molecule has 1 fully saturated rings. The van der Waals surface area contributed by atoms with E-state index in [1.54, 1.807) is 31.1 Å². The molecule has 6 nitrogen and oxygen atoms in total. The van der Waals surface area contributed by atoms with E-state index in [-0.39, 0.29) is 12.0 Å². The molecule has 0 aromatic carbocycles. The molecule has 1 aliphatic rings. The number of morpholine rings is 1. The summed E-state index contributed by atoms with van der Waals surface area (Å²) in [6.07, 6.45) is -0.155. The van der Waals surface area contributed by atoms with Crippen LogP contribution in [0, 0.1) is 18.3 Å². The van der Waals surface area contributed by atoms with E-state index in [2.05, 4.69) is 11.1 Å². The van der Waals surface area contributed by atoms with Gasteiger partial charge in [-0.25, -0.2) is 4.98 Å². The van der Waals surface area contributed by atoms with Crippen molar-refractivity contribution in [1.82, 2.24) is 9.88 Å². The Bertz CT molecular complexity index is 607. The Labute approximate surface area is 130 Å². The molecule has 0 bridgehead atoms. The van der Waals surface area contributed by atoms with Gasteiger partial charge >= 0.3 is 0 Å². The van der Waals surface area contributed by atoms with Gasteiger partial charge in [-0.2, -0.15) is 5.26 Å². The van der Waals surface area contributed by atoms with Crippen molar-refractivity contribution < 1.29 is 14.3 Å². The molecule has 1 atom stereocenters. The fourth-order valence-electron chi connectivity index (χ4n) is 2.68. The van der Waals surface area contributed by atoms with E-state index in [0.717, 1.165) is 0 Å². The van der Waals surface area contributed by atoms with Crippen molar-refractivity contribution in [2.45, 2.75) is 32.5 Å². The van der Waals surface area contributed by atoms with Crippen LogP contribution in [-0.2, 0) is 9.47 Å². The van der Waals surface area contributed by atoms with E-state index in [0.29, 0.717) is 36.6 Å². The first-order valence-electron chi connectivity index (χ1n) is 7.20. The molecule has 0 aliphatic carbocycles. The Morgan fingerprint density at radius 3 is 2.91 bits per heavy atom. The van der Waals surface area contributed by atoms with Crippen molar-refractivity contribution in [3.8, 4) is 6.07 Å². The molecule has 118 valence electrons. The SMILES string of the molecule is COC[C@@H]1CN(C(=O)c2ccc(C#N)c(C)n2)CC(C)(C)O1. The van der Waals surface area contributed by atoms with Crippen molar-refractivity contribution in [2.24, 2.45) is 0 Å². The summed E-state index contributed by atoms with van der Waals surface area (Å²) < 4.78 is 11.1. The molecule has 1 aromatic rings. The van der Waals surface area contributed by atoms with Gasteiger partial charge in [0.1, 0.15) is 11.8 Å². The standard InChI is InChI=1S/C16H21N3O3/c1-11-12(7-17)5-6-14(18-11)15(20)19-8-13(9-21-4)22-16(2,3)10-19/h5-6,13H,8-10H2,1-4H3/t13-/m0/s1. The number of nitrogens with zero attached hydrogens (tertiary/aromatic N) is 3. The lowest BCUT2D eigenvalue weighted by molar-refractivity contribution is -0.143. The van der Waals surface area contributed by atoms with E-state index in [9.17, 15) is 4.79 Å². The van der Waals surface area contributed by atoms with Crippen molar-refractivity contribution in [3.63, 3.8) is 0 Å². The number of aryl methyl sites for hydroxylation is 1. The molecule has 1 aliphatic heterocycles. The summed E-state index contributed by atoms with van der Waals surface area (Å²) in [5.41, 5.74) is 0.967. The largest absolute Gasteiger partial charge is 0.382 e. The van der Waals surface area contributed by atoms with Gasteiger partial charge in [0.25, 0.3) is 5.91 Å². The first kappa shape index (κ1) is 16.4. The second-order valence-corrected chi connectivity index (χ2v) is 6.08. The number of amides is 1. The maximum Gasteiger partial charge on any atom is 0.272 e. The fraction of sp³-hybridized carbons (Fsp3) is 0.562. The number of pyridine rings is 1. The van der Waals surface area contributed by atoms with Crippen LogP contribution in [0.5, 0.6) is 0 Å².